The van der Waals surface area contributed by atoms with E-state index in [1.54, 1.807) is 30.3 Å². The Kier molecular flexibility index (Phi) is 7.80. The number of benzene rings is 2. The Morgan fingerprint density at radius 2 is 1.74 bits per heavy atom. The van der Waals surface area contributed by atoms with Gasteiger partial charge in [-0.2, -0.15) is 13.2 Å². The van der Waals surface area contributed by atoms with Crippen molar-refractivity contribution in [3.05, 3.63) is 60.2 Å². The maximum Gasteiger partial charge on any atom is 0.416 e. The fraction of sp³-hybridized carbons (Fsp3) is 0.458. The highest BCUT2D eigenvalue weighted by molar-refractivity contribution is 5.89. The van der Waals surface area contributed by atoms with Gasteiger partial charge in [0, 0.05) is 44.1 Å². The number of hydrogen-bond acceptors (Lipinski definition) is 6. The quantitative estimate of drug-likeness (QED) is 0.492. The molecule has 0 aliphatic carbocycles. The van der Waals surface area contributed by atoms with Gasteiger partial charge in [0.05, 0.1) is 24.3 Å². The van der Waals surface area contributed by atoms with Crippen LogP contribution >= 0.6 is 0 Å². The van der Waals surface area contributed by atoms with Crippen LogP contribution in [0.5, 0.6) is 0 Å². The van der Waals surface area contributed by atoms with E-state index in [9.17, 15) is 28.2 Å². The van der Waals surface area contributed by atoms with Crippen LogP contribution in [0.1, 0.15) is 5.56 Å². The van der Waals surface area contributed by atoms with Crippen LogP contribution in [0.15, 0.2) is 54.6 Å². The third-order valence-corrected chi connectivity index (χ3v) is 6.41. The van der Waals surface area contributed by atoms with E-state index in [4.69, 9.17) is 4.74 Å². The molecule has 0 aromatic heterocycles. The largest absolute Gasteiger partial charge is 0.416 e. The zero-order valence-corrected chi connectivity index (χ0v) is 19.0. The molecule has 0 unspecified atom stereocenters. The zero-order valence-electron chi connectivity index (χ0n) is 19.0. The first kappa shape index (κ1) is 25.2. The Hall–Kier alpha value is -2.86. The van der Waals surface area contributed by atoms with Crippen molar-refractivity contribution in [3.63, 3.8) is 0 Å². The molecule has 2 aromatic rings. The average Bonchev–Trinajstić information content (AvgIpc) is 3.18. The van der Waals surface area contributed by atoms with Gasteiger partial charge in [0.25, 0.3) is 0 Å². The summed E-state index contributed by atoms with van der Waals surface area (Å²) in [7, 11) is 0. The van der Waals surface area contributed by atoms with Crippen LogP contribution in [-0.4, -0.2) is 84.8 Å². The third-order valence-electron chi connectivity index (χ3n) is 6.41. The van der Waals surface area contributed by atoms with Crippen LogP contribution in [0, 0.1) is 0 Å². The second-order valence-corrected chi connectivity index (χ2v) is 8.65. The molecular weight excluding hydrogens is 465 g/mol. The molecule has 35 heavy (non-hydrogen) atoms. The van der Waals surface area contributed by atoms with E-state index in [-0.39, 0.29) is 13.2 Å². The van der Waals surface area contributed by atoms with Gasteiger partial charge >= 0.3 is 12.2 Å². The van der Waals surface area contributed by atoms with Crippen LogP contribution in [0.3, 0.4) is 0 Å². The highest BCUT2D eigenvalue weighted by Gasteiger charge is 2.46. The lowest BCUT2D eigenvalue weighted by Gasteiger charge is -2.41. The highest BCUT2D eigenvalue weighted by atomic mass is 19.4. The number of hydrogen-bond donors (Lipinski definition) is 4. The average molecular weight is 495 g/mol. The standard InChI is InChI=1S/C24H29F3N4O4/c25-24(26,27)16-5-4-8-18(13-16)30-9-11-31(12-10-30)21-19(35-20(15-32)22(21)33)14-28-23(34)29-17-6-2-1-3-7-17/h1-8,13,19-22,32-33H,9-12,14-15H2,(H2,28,29,34)/t19-,20+,21+,22-/m1/s1. The van der Waals surface area contributed by atoms with Crippen LogP contribution in [-0.2, 0) is 10.9 Å². The fourth-order valence-corrected chi connectivity index (χ4v) is 4.64. The second kappa shape index (κ2) is 10.8. The molecule has 2 aromatic carbocycles. The number of ether oxygens (including phenoxy) is 1. The van der Waals surface area contributed by atoms with E-state index >= 15 is 0 Å². The number of nitrogens with one attached hydrogen (secondary N) is 2. The van der Waals surface area contributed by atoms with E-state index in [0.717, 1.165) is 12.1 Å². The summed E-state index contributed by atoms with van der Waals surface area (Å²) in [4.78, 5) is 16.2. The maximum absolute atomic E-state index is 13.1. The summed E-state index contributed by atoms with van der Waals surface area (Å²) >= 11 is 0. The molecule has 0 bridgehead atoms. The van der Waals surface area contributed by atoms with Crippen molar-refractivity contribution in [2.24, 2.45) is 0 Å². The summed E-state index contributed by atoms with van der Waals surface area (Å²) in [5.74, 6) is 0. The molecule has 2 aliphatic heterocycles. The molecular formula is C24H29F3N4O4. The monoisotopic (exact) mass is 494 g/mol. The minimum absolute atomic E-state index is 0.116. The van der Waals surface area contributed by atoms with Gasteiger partial charge in [-0.05, 0) is 30.3 Å². The first-order valence-corrected chi connectivity index (χ1v) is 11.5. The number of halogens is 3. The van der Waals surface area contributed by atoms with Gasteiger partial charge in [0.1, 0.15) is 12.2 Å². The van der Waals surface area contributed by atoms with Crippen molar-refractivity contribution in [3.8, 4) is 0 Å². The Morgan fingerprint density at radius 3 is 2.40 bits per heavy atom. The van der Waals surface area contributed by atoms with Gasteiger partial charge < -0.3 is 30.5 Å². The summed E-state index contributed by atoms with van der Waals surface area (Å²) in [6, 6.07) is 13.3. The fourth-order valence-electron chi connectivity index (χ4n) is 4.64. The molecule has 4 rings (SSSR count). The normalized spacial score (nSPS) is 25.5. The van der Waals surface area contributed by atoms with E-state index in [1.165, 1.54) is 6.07 Å². The second-order valence-electron chi connectivity index (χ2n) is 8.65. The number of carbonyl (C=O) groups excluding carboxylic acids is 1. The van der Waals surface area contributed by atoms with Crippen LogP contribution in [0.4, 0.5) is 29.3 Å². The first-order chi connectivity index (χ1) is 16.8. The molecule has 2 heterocycles. The lowest BCUT2D eigenvalue weighted by atomic mass is 10.0. The van der Waals surface area contributed by atoms with Crippen molar-refractivity contribution in [1.82, 2.24) is 10.2 Å². The van der Waals surface area contributed by atoms with Gasteiger partial charge in [0.15, 0.2) is 0 Å². The number of carbonyl (C=O) groups is 1. The number of aliphatic hydroxyl groups is 2. The molecule has 2 saturated heterocycles. The number of urea groups is 1. The SMILES string of the molecule is O=C(NC[C@H]1O[C@@H](CO)[C@@H](O)[C@H]1N1CCN(c2cccc(C(F)(F)F)c2)CC1)Nc1ccccc1. The van der Waals surface area contributed by atoms with Gasteiger partial charge in [-0.3, -0.25) is 4.90 Å². The van der Waals surface area contributed by atoms with Crippen LogP contribution in [0.2, 0.25) is 0 Å². The Balaban J connectivity index is 1.37. The molecule has 8 nitrogen and oxygen atoms in total. The lowest BCUT2D eigenvalue weighted by Crippen LogP contribution is -2.57. The number of nitrogens with zero attached hydrogens (tertiary/aromatic N) is 2. The number of amides is 2. The topological polar surface area (TPSA) is 97.3 Å². The Labute approximate surface area is 201 Å². The van der Waals surface area contributed by atoms with E-state index in [2.05, 4.69) is 10.6 Å². The van der Waals surface area contributed by atoms with Gasteiger partial charge in [-0.25, -0.2) is 4.79 Å². The summed E-state index contributed by atoms with van der Waals surface area (Å²) in [6.45, 7) is 1.63. The molecule has 2 fully saturated rings. The maximum atomic E-state index is 13.1. The van der Waals surface area contributed by atoms with Crippen molar-refractivity contribution >= 4 is 17.4 Å². The van der Waals surface area contributed by atoms with Crippen molar-refractivity contribution in [2.45, 2.75) is 30.5 Å². The Bertz CT molecular complexity index is 986. The van der Waals surface area contributed by atoms with Gasteiger partial charge in [-0.15, -0.1) is 0 Å². The smallest absolute Gasteiger partial charge is 0.394 e. The van der Waals surface area contributed by atoms with E-state index < -0.39 is 42.1 Å². The van der Waals surface area contributed by atoms with Crippen molar-refractivity contribution < 1.29 is 32.9 Å². The van der Waals surface area contributed by atoms with Crippen molar-refractivity contribution in [2.75, 3.05) is 49.5 Å². The summed E-state index contributed by atoms with van der Waals surface area (Å²) in [5.41, 5.74) is 0.433. The van der Waals surface area contributed by atoms with Crippen LogP contribution in [0.25, 0.3) is 0 Å². The van der Waals surface area contributed by atoms with Gasteiger partial charge in [-0.1, -0.05) is 24.3 Å². The third kappa shape index (κ3) is 6.04. The number of anilines is 2. The molecule has 11 heteroatoms. The molecule has 190 valence electrons. The number of para-hydroxylation sites is 1. The Morgan fingerprint density at radius 1 is 1.03 bits per heavy atom. The number of piperazine rings is 1. The summed E-state index contributed by atoms with van der Waals surface area (Å²) in [6.07, 6.45) is -6.73. The number of rotatable bonds is 6. The summed E-state index contributed by atoms with van der Waals surface area (Å²) < 4.78 is 45.1. The predicted molar refractivity (Wildman–Crippen MR) is 124 cm³/mol. The predicted octanol–water partition coefficient (Wildman–Crippen LogP) is 2.14. The summed E-state index contributed by atoms with van der Waals surface area (Å²) in [5, 5.41) is 25.9. The minimum Gasteiger partial charge on any atom is -0.394 e. The molecule has 2 amide bonds. The van der Waals surface area contributed by atoms with E-state index in [1.807, 2.05) is 15.9 Å². The van der Waals surface area contributed by atoms with Crippen LogP contribution < -0.4 is 15.5 Å². The minimum atomic E-state index is -4.41. The molecule has 4 N–H and O–H groups in total. The van der Waals surface area contributed by atoms with E-state index in [0.29, 0.717) is 37.6 Å². The van der Waals surface area contributed by atoms with Gasteiger partial charge in [0.2, 0.25) is 0 Å². The zero-order chi connectivity index (χ0) is 25.0. The highest BCUT2D eigenvalue weighted by Crippen LogP contribution is 2.32. The number of aliphatic hydroxyl groups excluding tert-OH is 2. The molecule has 0 saturated carbocycles. The molecule has 2 aliphatic rings. The van der Waals surface area contributed by atoms with Crippen molar-refractivity contribution in [1.29, 1.82) is 0 Å². The first-order valence-electron chi connectivity index (χ1n) is 11.5. The molecule has 0 radical (unpaired) electrons. The lowest BCUT2D eigenvalue weighted by molar-refractivity contribution is -0.137. The number of alkyl halides is 3. The molecule has 0 spiro atoms. The molecule has 4 atom stereocenters.